The Hall–Kier alpha value is -6.91. The number of benzene rings is 8. The van der Waals surface area contributed by atoms with E-state index in [1.165, 1.54) is 45.8 Å². The molecule has 0 unspecified atom stereocenters. The van der Waals surface area contributed by atoms with E-state index in [1.807, 2.05) is 6.07 Å². The molecular weight excluding hydrogens is 717 g/mol. The van der Waals surface area contributed by atoms with Crippen molar-refractivity contribution in [2.45, 2.75) is 51.4 Å². The van der Waals surface area contributed by atoms with Crippen LogP contribution in [0.15, 0.2) is 170 Å². The Morgan fingerprint density at radius 2 is 1.00 bits per heavy atom. The molecule has 4 nitrogen and oxygen atoms in total. The van der Waals surface area contributed by atoms with Crippen LogP contribution < -0.4 is 0 Å². The second-order valence-corrected chi connectivity index (χ2v) is 17.6. The number of hydrogen-bond donors (Lipinski definition) is 0. The SMILES string of the molecule is CC1(C)CCC(C)(C)c2cc3c(cc21)c1ccccc1n3-c1ccc2ccc(-c3nc(-c4cccc(-c5ccccc5)c4)nc(-c4cccc5ccccc45)n3)cc2c1. The van der Waals surface area contributed by atoms with Crippen molar-refractivity contribution in [2.75, 3.05) is 0 Å². The van der Waals surface area contributed by atoms with Crippen molar-refractivity contribution in [1.29, 1.82) is 0 Å². The van der Waals surface area contributed by atoms with Crippen molar-refractivity contribution >= 4 is 43.4 Å². The summed E-state index contributed by atoms with van der Waals surface area (Å²) in [5, 5.41) is 7.15. The third-order valence-electron chi connectivity index (χ3n) is 12.9. The predicted molar refractivity (Wildman–Crippen MR) is 246 cm³/mol. The van der Waals surface area contributed by atoms with Crippen LogP contribution in [0.5, 0.6) is 0 Å². The fraction of sp³-hybridized carbons (Fsp3) is 0.145. The van der Waals surface area contributed by atoms with Crippen molar-refractivity contribution in [3.05, 3.63) is 181 Å². The fourth-order valence-electron chi connectivity index (χ4n) is 9.46. The molecule has 11 rings (SSSR count). The average molecular weight is 761 g/mol. The Morgan fingerprint density at radius 1 is 0.390 bits per heavy atom. The van der Waals surface area contributed by atoms with Crippen LogP contribution in [-0.4, -0.2) is 19.5 Å². The number of rotatable bonds is 5. The Balaban J connectivity index is 1.09. The lowest BCUT2D eigenvalue weighted by atomic mass is 9.63. The van der Waals surface area contributed by atoms with Gasteiger partial charge in [0.2, 0.25) is 0 Å². The molecule has 284 valence electrons. The van der Waals surface area contributed by atoms with E-state index in [0.717, 1.165) is 55.0 Å². The van der Waals surface area contributed by atoms with Crippen LogP contribution in [0, 0.1) is 0 Å². The minimum Gasteiger partial charge on any atom is -0.309 e. The molecule has 0 bridgehead atoms. The molecule has 10 aromatic rings. The zero-order chi connectivity index (χ0) is 39.9. The Morgan fingerprint density at radius 3 is 1.81 bits per heavy atom. The molecule has 0 N–H and O–H groups in total. The molecule has 2 aromatic heterocycles. The fourth-order valence-corrected chi connectivity index (χ4v) is 9.46. The molecule has 0 amide bonds. The molecule has 0 radical (unpaired) electrons. The summed E-state index contributed by atoms with van der Waals surface area (Å²) in [4.78, 5) is 15.6. The number of nitrogens with zero attached hydrogens (tertiary/aromatic N) is 4. The van der Waals surface area contributed by atoms with E-state index in [2.05, 4.69) is 196 Å². The van der Waals surface area contributed by atoms with Gasteiger partial charge in [0.05, 0.1) is 11.0 Å². The van der Waals surface area contributed by atoms with Crippen LogP contribution in [0.1, 0.15) is 51.7 Å². The molecule has 0 fully saturated rings. The van der Waals surface area contributed by atoms with Gasteiger partial charge in [0, 0.05) is 33.2 Å². The topological polar surface area (TPSA) is 43.6 Å². The van der Waals surface area contributed by atoms with Gasteiger partial charge in [-0.2, -0.15) is 0 Å². The van der Waals surface area contributed by atoms with E-state index < -0.39 is 0 Å². The normalized spacial score (nSPS) is 14.6. The van der Waals surface area contributed by atoms with E-state index in [1.54, 1.807) is 0 Å². The highest BCUT2D eigenvalue weighted by Gasteiger charge is 2.38. The van der Waals surface area contributed by atoms with Gasteiger partial charge in [-0.05, 0) is 110 Å². The van der Waals surface area contributed by atoms with Crippen LogP contribution in [-0.2, 0) is 10.8 Å². The van der Waals surface area contributed by atoms with E-state index in [9.17, 15) is 0 Å². The molecular formula is C55H44N4. The second kappa shape index (κ2) is 13.3. The predicted octanol–water partition coefficient (Wildman–Crippen LogP) is 14.3. The van der Waals surface area contributed by atoms with Crippen molar-refractivity contribution in [3.63, 3.8) is 0 Å². The van der Waals surface area contributed by atoms with Crippen LogP contribution in [0.4, 0.5) is 0 Å². The molecule has 0 saturated heterocycles. The van der Waals surface area contributed by atoms with E-state index >= 15 is 0 Å². The zero-order valence-corrected chi connectivity index (χ0v) is 33.9. The summed E-state index contributed by atoms with van der Waals surface area (Å²) < 4.78 is 2.47. The van der Waals surface area contributed by atoms with Gasteiger partial charge in [-0.3, -0.25) is 0 Å². The van der Waals surface area contributed by atoms with E-state index in [4.69, 9.17) is 15.0 Å². The van der Waals surface area contributed by atoms with Gasteiger partial charge in [0.1, 0.15) is 0 Å². The summed E-state index contributed by atoms with van der Waals surface area (Å²) in [6.45, 7) is 9.65. The number of fused-ring (bicyclic) bond motifs is 6. The summed E-state index contributed by atoms with van der Waals surface area (Å²) in [6.07, 6.45) is 2.37. The quantitative estimate of drug-likeness (QED) is 0.175. The summed E-state index contributed by atoms with van der Waals surface area (Å²) in [7, 11) is 0. The van der Waals surface area contributed by atoms with Crippen LogP contribution >= 0.6 is 0 Å². The molecule has 0 spiro atoms. The zero-order valence-electron chi connectivity index (χ0n) is 33.9. The van der Waals surface area contributed by atoms with E-state index in [-0.39, 0.29) is 10.8 Å². The van der Waals surface area contributed by atoms with Gasteiger partial charge >= 0.3 is 0 Å². The third kappa shape index (κ3) is 5.93. The van der Waals surface area contributed by atoms with Crippen molar-refractivity contribution < 1.29 is 0 Å². The number of aromatic nitrogens is 4. The summed E-state index contributed by atoms with van der Waals surface area (Å²) in [5.41, 5.74) is 11.9. The minimum atomic E-state index is 0.107. The van der Waals surface area contributed by atoms with Crippen molar-refractivity contribution in [1.82, 2.24) is 19.5 Å². The van der Waals surface area contributed by atoms with Gasteiger partial charge in [-0.1, -0.05) is 155 Å². The molecule has 0 saturated carbocycles. The average Bonchev–Trinajstić information content (AvgIpc) is 3.61. The lowest BCUT2D eigenvalue weighted by Gasteiger charge is -2.42. The largest absolute Gasteiger partial charge is 0.309 e. The second-order valence-electron chi connectivity index (χ2n) is 17.6. The number of hydrogen-bond acceptors (Lipinski definition) is 3. The Labute approximate surface area is 344 Å². The highest BCUT2D eigenvalue weighted by Crippen LogP contribution is 2.48. The smallest absolute Gasteiger partial charge is 0.164 e. The minimum absolute atomic E-state index is 0.107. The Kier molecular flexibility index (Phi) is 7.96. The first-order valence-corrected chi connectivity index (χ1v) is 20.7. The molecule has 1 aliphatic carbocycles. The third-order valence-corrected chi connectivity index (χ3v) is 12.9. The Bertz CT molecular complexity index is 3270. The first kappa shape index (κ1) is 35.3. The van der Waals surface area contributed by atoms with Gasteiger partial charge in [-0.25, -0.2) is 15.0 Å². The van der Waals surface area contributed by atoms with Gasteiger partial charge in [0.25, 0.3) is 0 Å². The number of para-hydroxylation sites is 1. The first-order valence-electron chi connectivity index (χ1n) is 20.7. The maximum Gasteiger partial charge on any atom is 0.164 e. The molecule has 0 atom stereocenters. The monoisotopic (exact) mass is 760 g/mol. The highest BCUT2D eigenvalue weighted by atomic mass is 15.0. The van der Waals surface area contributed by atoms with Gasteiger partial charge in [-0.15, -0.1) is 0 Å². The standard InChI is InChI=1S/C55H44N4/c1-54(2)28-29-55(3,4)48-34-50-46(33-47(48)54)44-21-10-11-23-49(44)59(50)42-27-26-36-24-25-40(31-41(36)32-42)52-56-51(39-19-12-18-38(30-39)35-14-6-5-7-15-35)57-53(58-52)45-22-13-17-37-16-8-9-20-43(37)45/h5-27,30-34H,28-29H2,1-4H3. The summed E-state index contributed by atoms with van der Waals surface area (Å²) in [6, 6.07) is 61.0. The van der Waals surface area contributed by atoms with Crippen LogP contribution in [0.2, 0.25) is 0 Å². The van der Waals surface area contributed by atoms with E-state index in [0.29, 0.717) is 17.5 Å². The lowest BCUT2D eigenvalue weighted by molar-refractivity contribution is 0.332. The van der Waals surface area contributed by atoms with Gasteiger partial charge in [0.15, 0.2) is 17.5 Å². The molecule has 8 aromatic carbocycles. The summed E-state index contributed by atoms with van der Waals surface area (Å²) in [5.74, 6) is 1.94. The maximum atomic E-state index is 5.23. The van der Waals surface area contributed by atoms with Crippen molar-refractivity contribution in [3.8, 4) is 51.0 Å². The highest BCUT2D eigenvalue weighted by molar-refractivity contribution is 6.10. The lowest BCUT2D eigenvalue weighted by Crippen LogP contribution is -2.33. The maximum absolute atomic E-state index is 5.23. The van der Waals surface area contributed by atoms with Gasteiger partial charge < -0.3 is 4.57 Å². The molecule has 1 aliphatic rings. The first-order chi connectivity index (χ1) is 28.7. The van der Waals surface area contributed by atoms with Crippen LogP contribution in [0.25, 0.3) is 94.3 Å². The molecule has 2 heterocycles. The van der Waals surface area contributed by atoms with Crippen LogP contribution in [0.3, 0.4) is 0 Å². The van der Waals surface area contributed by atoms with Crippen molar-refractivity contribution in [2.24, 2.45) is 0 Å². The summed E-state index contributed by atoms with van der Waals surface area (Å²) >= 11 is 0. The molecule has 4 heteroatoms. The molecule has 59 heavy (non-hydrogen) atoms. The molecule has 0 aliphatic heterocycles.